The van der Waals surface area contributed by atoms with Gasteiger partial charge in [-0.15, -0.1) is 0 Å². The highest BCUT2D eigenvalue weighted by molar-refractivity contribution is 5.87. The molecule has 0 spiro atoms. The molecular weight excluding hydrogens is 442 g/mol. The van der Waals surface area contributed by atoms with E-state index in [9.17, 15) is 4.79 Å². The van der Waals surface area contributed by atoms with Gasteiger partial charge in [0.25, 0.3) is 0 Å². The van der Waals surface area contributed by atoms with Crippen LogP contribution in [-0.4, -0.2) is 41.4 Å². The summed E-state index contributed by atoms with van der Waals surface area (Å²) in [5.41, 5.74) is 4.70. The zero-order chi connectivity index (χ0) is 23.9. The minimum atomic E-state index is -0.401. The molecule has 7 nitrogen and oxygen atoms in total. The van der Waals surface area contributed by atoms with Gasteiger partial charge in [-0.25, -0.2) is 9.78 Å². The fourth-order valence-corrected chi connectivity index (χ4v) is 5.80. The van der Waals surface area contributed by atoms with Crippen molar-refractivity contribution < 1.29 is 18.8 Å². The van der Waals surface area contributed by atoms with Gasteiger partial charge in [-0.2, -0.15) is 0 Å². The van der Waals surface area contributed by atoms with Crippen LogP contribution in [-0.2, 0) is 16.1 Å². The third-order valence-corrected chi connectivity index (χ3v) is 7.71. The Kier molecular flexibility index (Phi) is 5.80. The second kappa shape index (κ2) is 9.11. The number of aryl methyl sites for hydroxylation is 1. The van der Waals surface area contributed by atoms with Crippen LogP contribution in [0.1, 0.15) is 71.8 Å². The number of piperidine rings is 1. The molecule has 0 N–H and O–H groups in total. The molecule has 2 aromatic heterocycles. The second-order valence-corrected chi connectivity index (χ2v) is 10.0. The van der Waals surface area contributed by atoms with Gasteiger partial charge in [0.15, 0.2) is 5.69 Å². The van der Waals surface area contributed by atoms with E-state index in [2.05, 4.69) is 46.2 Å². The third kappa shape index (κ3) is 4.22. The van der Waals surface area contributed by atoms with Gasteiger partial charge in [-0.3, -0.25) is 0 Å². The molecule has 0 amide bonds. The lowest BCUT2D eigenvalue weighted by Gasteiger charge is -2.39. The molecule has 1 aromatic carbocycles. The Hall–Kier alpha value is -3.19. The lowest BCUT2D eigenvalue weighted by molar-refractivity contribution is 0.0145. The fourth-order valence-electron chi connectivity index (χ4n) is 5.80. The smallest absolute Gasteiger partial charge is 0.356 e. The Morgan fingerprint density at radius 3 is 2.54 bits per heavy atom. The molecule has 3 aromatic rings. The molecule has 3 atom stereocenters. The Labute approximate surface area is 205 Å². The minimum Gasteiger partial charge on any atom is -0.464 e. The number of pyridine rings is 1. The number of rotatable bonds is 7. The molecule has 2 unspecified atom stereocenters. The molecule has 6 rings (SSSR count). The summed E-state index contributed by atoms with van der Waals surface area (Å²) in [6.45, 7) is 2.64. The van der Waals surface area contributed by atoms with Gasteiger partial charge in [-0.1, -0.05) is 35.5 Å². The minimum absolute atomic E-state index is 0.180. The lowest BCUT2D eigenvalue weighted by atomic mass is 9.98. The summed E-state index contributed by atoms with van der Waals surface area (Å²) in [7, 11) is 1.39. The van der Waals surface area contributed by atoms with Crippen molar-refractivity contribution in [1.29, 1.82) is 0 Å². The number of nitrogens with zero attached hydrogens (tertiary/aromatic N) is 3. The van der Waals surface area contributed by atoms with Crippen LogP contribution < -0.4 is 4.90 Å². The molecular formula is C28H31N3O4. The first-order valence-corrected chi connectivity index (χ1v) is 12.6. The quantitative estimate of drug-likeness (QED) is 0.424. The van der Waals surface area contributed by atoms with Crippen LogP contribution in [0.2, 0.25) is 0 Å². The number of hydrogen-bond donors (Lipinski definition) is 0. The maximum absolute atomic E-state index is 12.0. The number of carbonyl (C=O) groups excluding carboxylic acids is 1. The molecule has 1 aliphatic carbocycles. The van der Waals surface area contributed by atoms with Crippen LogP contribution >= 0.6 is 0 Å². The molecule has 2 bridgehead atoms. The van der Waals surface area contributed by atoms with Crippen molar-refractivity contribution in [2.45, 2.75) is 76.2 Å². The average molecular weight is 474 g/mol. The number of ether oxygens (including phenoxy) is 2. The zero-order valence-electron chi connectivity index (χ0n) is 20.3. The van der Waals surface area contributed by atoms with E-state index in [1.54, 1.807) is 6.07 Å². The van der Waals surface area contributed by atoms with Gasteiger partial charge in [-0.05, 0) is 63.1 Å². The van der Waals surface area contributed by atoms with Crippen molar-refractivity contribution in [2.75, 3.05) is 12.0 Å². The maximum atomic E-state index is 12.0. The van der Waals surface area contributed by atoms with Crippen LogP contribution in [0.3, 0.4) is 0 Å². The van der Waals surface area contributed by atoms with Crippen LogP contribution in [0.25, 0.3) is 11.3 Å². The van der Waals surface area contributed by atoms with Gasteiger partial charge in [0, 0.05) is 29.1 Å². The van der Waals surface area contributed by atoms with Gasteiger partial charge in [0.05, 0.1) is 19.8 Å². The number of benzene rings is 1. The molecule has 7 heteroatoms. The highest BCUT2D eigenvalue weighted by Gasteiger charge is 2.42. The van der Waals surface area contributed by atoms with E-state index in [0.29, 0.717) is 30.3 Å². The summed E-state index contributed by atoms with van der Waals surface area (Å²) in [6, 6.07) is 14.6. The van der Waals surface area contributed by atoms with E-state index in [1.807, 2.05) is 12.1 Å². The van der Waals surface area contributed by atoms with Gasteiger partial charge >= 0.3 is 5.97 Å². The van der Waals surface area contributed by atoms with Crippen molar-refractivity contribution in [2.24, 2.45) is 0 Å². The third-order valence-electron chi connectivity index (χ3n) is 7.71. The van der Waals surface area contributed by atoms with Crippen LogP contribution in [0.15, 0.2) is 47.0 Å². The molecule has 182 valence electrons. The molecule has 3 aliphatic rings. The van der Waals surface area contributed by atoms with E-state index in [0.717, 1.165) is 66.9 Å². The molecule has 2 aliphatic heterocycles. The highest BCUT2D eigenvalue weighted by Crippen LogP contribution is 2.45. The van der Waals surface area contributed by atoms with Crippen molar-refractivity contribution in [1.82, 2.24) is 10.1 Å². The van der Waals surface area contributed by atoms with Crippen molar-refractivity contribution >= 4 is 11.8 Å². The van der Waals surface area contributed by atoms with Crippen LogP contribution in [0.5, 0.6) is 0 Å². The lowest BCUT2D eigenvalue weighted by Crippen LogP contribution is -2.46. The molecule has 1 saturated carbocycles. The summed E-state index contributed by atoms with van der Waals surface area (Å²) < 4.78 is 17.3. The monoisotopic (exact) mass is 473 g/mol. The summed E-state index contributed by atoms with van der Waals surface area (Å²) in [4.78, 5) is 19.0. The number of carbonyl (C=O) groups is 1. The van der Waals surface area contributed by atoms with E-state index in [4.69, 9.17) is 14.0 Å². The van der Waals surface area contributed by atoms with Crippen molar-refractivity contribution in [3.63, 3.8) is 0 Å². The Bertz CT molecular complexity index is 1220. The van der Waals surface area contributed by atoms with Gasteiger partial charge < -0.3 is 18.9 Å². The van der Waals surface area contributed by atoms with Gasteiger partial charge in [0.2, 0.25) is 0 Å². The topological polar surface area (TPSA) is 77.7 Å². The largest absolute Gasteiger partial charge is 0.464 e. The Morgan fingerprint density at radius 2 is 1.83 bits per heavy atom. The molecule has 4 heterocycles. The molecule has 35 heavy (non-hydrogen) atoms. The molecule has 2 saturated heterocycles. The number of hydrogen-bond acceptors (Lipinski definition) is 7. The molecule has 3 fully saturated rings. The zero-order valence-corrected chi connectivity index (χ0v) is 20.3. The highest BCUT2D eigenvalue weighted by atomic mass is 16.5. The second-order valence-electron chi connectivity index (χ2n) is 10.0. The SMILES string of the molecule is COC(=O)c1cccc(N2C3CC[C@H]2CC(OCc2c(-c4ccccc4C)noc2C2CC2)C3)n1. The summed E-state index contributed by atoms with van der Waals surface area (Å²) >= 11 is 0. The summed E-state index contributed by atoms with van der Waals surface area (Å²) in [6.07, 6.45) is 6.63. The summed E-state index contributed by atoms with van der Waals surface area (Å²) in [5.74, 6) is 1.94. The van der Waals surface area contributed by atoms with E-state index in [-0.39, 0.29) is 6.10 Å². The first kappa shape index (κ1) is 22.3. The average Bonchev–Trinajstić information content (AvgIpc) is 3.59. The number of aromatic nitrogens is 2. The van der Waals surface area contributed by atoms with Crippen molar-refractivity contribution in [3.05, 3.63) is 65.0 Å². The van der Waals surface area contributed by atoms with E-state index in [1.165, 1.54) is 12.7 Å². The number of anilines is 1. The Balaban J connectivity index is 1.18. The van der Waals surface area contributed by atoms with E-state index < -0.39 is 5.97 Å². The normalized spacial score (nSPS) is 23.5. The van der Waals surface area contributed by atoms with Crippen LogP contribution in [0.4, 0.5) is 5.82 Å². The Morgan fingerprint density at radius 1 is 1.06 bits per heavy atom. The number of esters is 1. The van der Waals surface area contributed by atoms with Crippen LogP contribution in [0, 0.1) is 6.92 Å². The van der Waals surface area contributed by atoms with E-state index >= 15 is 0 Å². The summed E-state index contributed by atoms with van der Waals surface area (Å²) in [5, 5.41) is 4.49. The fraction of sp³-hybridized carbons (Fsp3) is 0.464. The predicted octanol–water partition coefficient (Wildman–Crippen LogP) is 5.43. The standard InChI is InChI=1S/C28H31N3O4/c1-17-6-3-4-7-22(17)26-23(27(35-30-26)18-10-11-18)16-34-21-14-19-12-13-20(15-21)31(19)25-9-5-8-24(29-25)28(32)33-2/h3-9,18-21H,10-16H2,1-2H3/t19-,20?,21?/m0/s1. The predicted molar refractivity (Wildman–Crippen MR) is 131 cm³/mol. The maximum Gasteiger partial charge on any atom is 0.356 e. The van der Waals surface area contributed by atoms with Crippen molar-refractivity contribution in [3.8, 4) is 11.3 Å². The number of methoxy groups -OCH3 is 1. The first-order valence-electron chi connectivity index (χ1n) is 12.6. The van der Waals surface area contributed by atoms with Gasteiger partial charge in [0.1, 0.15) is 17.3 Å². The number of fused-ring (bicyclic) bond motifs is 2. The molecule has 0 radical (unpaired) electrons. The first-order chi connectivity index (χ1) is 17.1.